The smallest absolute Gasteiger partial charge is 0.191 e. The molecule has 3 aliphatic rings. The van der Waals surface area contributed by atoms with Crippen LogP contribution < -0.4 is 10.6 Å². The predicted octanol–water partition coefficient (Wildman–Crippen LogP) is 2.78. The summed E-state index contributed by atoms with van der Waals surface area (Å²) in [6.45, 7) is 2.95. The first-order valence-corrected chi connectivity index (χ1v) is 10.1. The van der Waals surface area contributed by atoms with E-state index in [9.17, 15) is 0 Å². The van der Waals surface area contributed by atoms with Gasteiger partial charge in [-0.1, -0.05) is 12.8 Å². The van der Waals surface area contributed by atoms with Crippen LogP contribution >= 0.6 is 11.8 Å². The molecule has 1 spiro atoms. The Morgan fingerprint density at radius 3 is 2.73 bits per heavy atom. The van der Waals surface area contributed by atoms with Crippen molar-refractivity contribution in [3.8, 4) is 0 Å². The van der Waals surface area contributed by atoms with E-state index in [-0.39, 0.29) is 0 Å². The van der Waals surface area contributed by atoms with Gasteiger partial charge in [0.05, 0.1) is 6.10 Å². The van der Waals surface area contributed by atoms with Crippen LogP contribution in [-0.4, -0.2) is 49.3 Å². The Hall–Kier alpha value is -0.420. The molecule has 1 heterocycles. The third kappa shape index (κ3) is 3.25. The number of guanidine groups is 1. The van der Waals surface area contributed by atoms with Crippen LogP contribution in [0.25, 0.3) is 0 Å². The lowest BCUT2D eigenvalue weighted by molar-refractivity contribution is -0.125. The molecule has 3 rings (SSSR count). The fourth-order valence-corrected chi connectivity index (χ4v) is 5.54. The van der Waals surface area contributed by atoms with E-state index < -0.39 is 0 Å². The van der Waals surface area contributed by atoms with Crippen molar-refractivity contribution in [3.05, 3.63) is 0 Å². The Morgan fingerprint density at radius 2 is 2.09 bits per heavy atom. The Morgan fingerprint density at radius 1 is 1.27 bits per heavy atom. The molecule has 3 atom stereocenters. The van der Waals surface area contributed by atoms with Crippen molar-refractivity contribution >= 4 is 17.7 Å². The van der Waals surface area contributed by atoms with Crippen LogP contribution in [0.15, 0.2) is 4.99 Å². The van der Waals surface area contributed by atoms with Gasteiger partial charge in [-0.3, -0.25) is 4.99 Å². The van der Waals surface area contributed by atoms with Crippen molar-refractivity contribution < 1.29 is 4.74 Å². The molecule has 3 fully saturated rings. The maximum Gasteiger partial charge on any atom is 0.191 e. The third-order valence-electron chi connectivity index (χ3n) is 5.72. The lowest BCUT2D eigenvalue weighted by Gasteiger charge is -2.54. The van der Waals surface area contributed by atoms with Gasteiger partial charge in [0, 0.05) is 36.9 Å². The van der Waals surface area contributed by atoms with E-state index in [2.05, 4.69) is 34.3 Å². The monoisotopic (exact) mass is 325 g/mol. The average Bonchev–Trinajstić information content (AvgIpc) is 3.06. The Labute approximate surface area is 139 Å². The second kappa shape index (κ2) is 7.43. The van der Waals surface area contributed by atoms with Gasteiger partial charge in [-0.05, 0) is 44.8 Å². The van der Waals surface area contributed by atoms with E-state index in [0.29, 0.717) is 23.6 Å². The van der Waals surface area contributed by atoms with Crippen molar-refractivity contribution in [2.75, 3.05) is 25.2 Å². The van der Waals surface area contributed by atoms with Crippen molar-refractivity contribution in [1.82, 2.24) is 10.6 Å². The van der Waals surface area contributed by atoms with Crippen molar-refractivity contribution in [2.24, 2.45) is 10.4 Å². The lowest BCUT2D eigenvalue weighted by atomic mass is 9.60. The second-order valence-electron chi connectivity index (χ2n) is 6.95. The quantitative estimate of drug-likeness (QED) is 0.616. The maximum atomic E-state index is 6.01. The minimum absolute atomic E-state index is 0.370. The number of aliphatic imine (C=N–C) groups is 1. The first-order chi connectivity index (χ1) is 10.8. The Balaban J connectivity index is 1.56. The first kappa shape index (κ1) is 16.4. The molecule has 0 bridgehead atoms. The third-order valence-corrected chi connectivity index (χ3v) is 6.94. The minimum atomic E-state index is 0.370. The van der Waals surface area contributed by atoms with E-state index in [1.807, 2.05) is 7.05 Å². The van der Waals surface area contributed by atoms with E-state index in [0.717, 1.165) is 19.0 Å². The average molecular weight is 326 g/mol. The highest BCUT2D eigenvalue weighted by molar-refractivity contribution is 7.99. The molecule has 3 unspecified atom stereocenters. The van der Waals surface area contributed by atoms with Gasteiger partial charge in [0.1, 0.15) is 0 Å². The van der Waals surface area contributed by atoms with Gasteiger partial charge in [0.2, 0.25) is 0 Å². The fraction of sp³-hybridized carbons (Fsp3) is 0.941. The molecule has 0 aromatic rings. The van der Waals surface area contributed by atoms with Gasteiger partial charge in [-0.2, -0.15) is 11.8 Å². The van der Waals surface area contributed by atoms with Crippen LogP contribution in [0.5, 0.6) is 0 Å². The van der Waals surface area contributed by atoms with Crippen LogP contribution in [0.3, 0.4) is 0 Å². The molecule has 126 valence electrons. The van der Waals surface area contributed by atoms with Crippen molar-refractivity contribution in [1.29, 1.82) is 0 Å². The van der Waals surface area contributed by atoms with Crippen LogP contribution in [0.4, 0.5) is 0 Å². The zero-order valence-corrected chi connectivity index (χ0v) is 14.9. The fourth-order valence-electron chi connectivity index (χ4n) is 4.47. The minimum Gasteiger partial charge on any atom is -0.378 e. The van der Waals surface area contributed by atoms with E-state index in [4.69, 9.17) is 4.74 Å². The molecular weight excluding hydrogens is 294 g/mol. The number of rotatable bonds is 4. The first-order valence-electron chi connectivity index (χ1n) is 8.97. The normalized spacial score (nSPS) is 34.5. The molecule has 1 saturated heterocycles. The number of ether oxygens (including phenoxy) is 1. The predicted molar refractivity (Wildman–Crippen MR) is 94.7 cm³/mol. The summed E-state index contributed by atoms with van der Waals surface area (Å²) in [5.41, 5.74) is 0.370. The molecule has 2 aliphatic carbocycles. The lowest BCUT2D eigenvalue weighted by Crippen LogP contribution is -2.65. The Kier molecular flexibility index (Phi) is 5.55. The zero-order valence-electron chi connectivity index (χ0n) is 14.1. The second-order valence-corrected chi connectivity index (χ2v) is 8.10. The highest BCUT2D eigenvalue weighted by Crippen LogP contribution is 2.54. The summed E-state index contributed by atoms with van der Waals surface area (Å²) in [5, 5.41) is 7.36. The molecule has 0 amide bonds. The van der Waals surface area contributed by atoms with Crippen molar-refractivity contribution in [2.45, 2.75) is 70.1 Å². The zero-order chi connectivity index (χ0) is 15.4. The Bertz CT molecular complexity index is 389. The van der Waals surface area contributed by atoms with E-state index in [1.54, 1.807) is 0 Å². The topological polar surface area (TPSA) is 45.6 Å². The van der Waals surface area contributed by atoms with Gasteiger partial charge in [-0.25, -0.2) is 0 Å². The molecule has 1 aliphatic heterocycles. The van der Waals surface area contributed by atoms with Gasteiger partial charge >= 0.3 is 0 Å². The number of thioether (sulfide) groups is 1. The summed E-state index contributed by atoms with van der Waals surface area (Å²) in [6.07, 6.45) is 9.51. The summed E-state index contributed by atoms with van der Waals surface area (Å²) in [5.74, 6) is 3.52. The largest absolute Gasteiger partial charge is 0.378 e. The van der Waals surface area contributed by atoms with E-state index in [1.165, 1.54) is 50.0 Å². The molecule has 4 nitrogen and oxygen atoms in total. The summed E-state index contributed by atoms with van der Waals surface area (Å²) >= 11 is 2.05. The maximum absolute atomic E-state index is 6.01. The molecule has 0 aromatic heterocycles. The van der Waals surface area contributed by atoms with Crippen LogP contribution in [0, 0.1) is 5.41 Å². The summed E-state index contributed by atoms with van der Waals surface area (Å²) < 4.78 is 6.01. The van der Waals surface area contributed by atoms with E-state index >= 15 is 0 Å². The van der Waals surface area contributed by atoms with Gasteiger partial charge in [0.15, 0.2) is 5.96 Å². The van der Waals surface area contributed by atoms with Crippen LogP contribution in [0.1, 0.15) is 51.9 Å². The number of nitrogens with one attached hydrogen (secondary N) is 2. The molecule has 22 heavy (non-hydrogen) atoms. The number of hydrogen-bond acceptors (Lipinski definition) is 3. The molecular formula is C17H31N3OS. The highest BCUT2D eigenvalue weighted by Gasteiger charge is 2.57. The molecule has 2 saturated carbocycles. The van der Waals surface area contributed by atoms with Gasteiger partial charge in [0.25, 0.3) is 0 Å². The number of hydrogen-bond donors (Lipinski definition) is 2. The van der Waals surface area contributed by atoms with Crippen molar-refractivity contribution in [3.63, 3.8) is 0 Å². The SMILES string of the molecule is CCOC1CC(NC(=NC)NC2CCCSC2)C12CCCC2. The number of nitrogens with zero attached hydrogens (tertiary/aromatic N) is 1. The highest BCUT2D eigenvalue weighted by atomic mass is 32.2. The molecule has 2 N–H and O–H groups in total. The van der Waals surface area contributed by atoms with Crippen LogP contribution in [0.2, 0.25) is 0 Å². The standard InChI is InChI=1S/C17H31N3OS/c1-3-21-15-11-14(17(15)8-4-5-9-17)20-16(18-2)19-13-7-6-10-22-12-13/h13-15H,3-12H2,1-2H3,(H2,18,19,20). The van der Waals surface area contributed by atoms with Gasteiger partial charge in [-0.15, -0.1) is 0 Å². The molecule has 0 radical (unpaired) electrons. The van der Waals surface area contributed by atoms with Gasteiger partial charge < -0.3 is 15.4 Å². The summed E-state index contributed by atoms with van der Waals surface area (Å²) in [6, 6.07) is 1.11. The van der Waals surface area contributed by atoms with Crippen LogP contribution in [-0.2, 0) is 4.74 Å². The molecule has 5 heteroatoms. The molecule has 0 aromatic carbocycles. The summed E-state index contributed by atoms with van der Waals surface area (Å²) in [7, 11) is 1.89. The summed E-state index contributed by atoms with van der Waals surface area (Å²) in [4.78, 5) is 4.47.